The van der Waals surface area contributed by atoms with Gasteiger partial charge in [-0.2, -0.15) is 0 Å². The number of carbonyl (C=O) groups is 2. The van der Waals surface area contributed by atoms with Gasteiger partial charge in [-0.05, 0) is 67.1 Å². The van der Waals surface area contributed by atoms with Crippen LogP contribution in [0.4, 0.5) is 11.4 Å². The average molecular weight is 366 g/mol. The fourth-order valence-corrected chi connectivity index (χ4v) is 3.00. The number of amides is 2. The number of ether oxygens (including phenoxy) is 1. The summed E-state index contributed by atoms with van der Waals surface area (Å²) in [6.45, 7) is 6.28. The molecular weight excluding hydrogens is 340 g/mol. The normalized spacial score (nSPS) is 13.3. The lowest BCUT2D eigenvalue weighted by Gasteiger charge is -2.13. The molecule has 0 spiro atoms. The van der Waals surface area contributed by atoms with E-state index in [1.54, 1.807) is 18.2 Å². The molecule has 0 heterocycles. The lowest BCUT2D eigenvalue weighted by Crippen LogP contribution is -2.20. The van der Waals surface area contributed by atoms with Crippen molar-refractivity contribution in [2.75, 3.05) is 17.2 Å². The standard InChI is InChI=1S/C22H26N2O3/c1-14(2)20-10-9-19(11-15(20)3)27-13-21(25)23-17-5-4-6-18(12-17)24-22(26)16-7-8-16/h4-6,9-12,14,16H,7-8,13H2,1-3H3,(H,23,25)(H,24,26). The Balaban J connectivity index is 1.53. The summed E-state index contributed by atoms with van der Waals surface area (Å²) in [6, 6.07) is 13.0. The maximum atomic E-state index is 12.2. The lowest BCUT2D eigenvalue weighted by atomic mass is 9.98. The molecule has 2 aromatic carbocycles. The molecule has 2 amide bonds. The molecule has 5 nitrogen and oxygen atoms in total. The molecule has 1 aliphatic rings. The molecule has 1 aliphatic carbocycles. The maximum Gasteiger partial charge on any atom is 0.262 e. The number of aryl methyl sites for hydroxylation is 1. The van der Waals surface area contributed by atoms with Crippen molar-refractivity contribution in [1.82, 2.24) is 0 Å². The molecule has 0 atom stereocenters. The zero-order chi connectivity index (χ0) is 19.4. The fourth-order valence-electron chi connectivity index (χ4n) is 3.00. The van der Waals surface area contributed by atoms with Gasteiger partial charge in [-0.25, -0.2) is 0 Å². The van der Waals surface area contributed by atoms with Gasteiger partial charge in [0.1, 0.15) is 5.75 Å². The number of carbonyl (C=O) groups excluding carboxylic acids is 2. The summed E-state index contributed by atoms with van der Waals surface area (Å²) < 4.78 is 5.61. The van der Waals surface area contributed by atoms with Gasteiger partial charge in [0, 0.05) is 17.3 Å². The van der Waals surface area contributed by atoms with Crippen LogP contribution in [0.1, 0.15) is 43.7 Å². The molecule has 0 aromatic heterocycles. The summed E-state index contributed by atoms with van der Waals surface area (Å²) >= 11 is 0. The van der Waals surface area contributed by atoms with Gasteiger partial charge in [-0.15, -0.1) is 0 Å². The lowest BCUT2D eigenvalue weighted by molar-refractivity contribution is -0.118. The first kappa shape index (κ1) is 19.0. The Morgan fingerprint density at radius 2 is 1.78 bits per heavy atom. The molecule has 0 radical (unpaired) electrons. The zero-order valence-electron chi connectivity index (χ0n) is 16.0. The molecule has 0 bridgehead atoms. The van der Waals surface area contributed by atoms with Crippen molar-refractivity contribution < 1.29 is 14.3 Å². The minimum Gasteiger partial charge on any atom is -0.484 e. The van der Waals surface area contributed by atoms with Gasteiger partial charge in [0.05, 0.1) is 0 Å². The first-order valence-corrected chi connectivity index (χ1v) is 9.36. The third-order valence-electron chi connectivity index (χ3n) is 4.60. The number of benzene rings is 2. The van der Waals surface area contributed by atoms with E-state index in [0.717, 1.165) is 18.4 Å². The predicted octanol–water partition coefficient (Wildman–Crippen LogP) is 4.48. The summed E-state index contributed by atoms with van der Waals surface area (Å²) in [7, 11) is 0. The van der Waals surface area contributed by atoms with E-state index in [-0.39, 0.29) is 24.3 Å². The van der Waals surface area contributed by atoms with E-state index in [1.807, 2.05) is 31.2 Å². The van der Waals surface area contributed by atoms with Gasteiger partial charge in [0.25, 0.3) is 5.91 Å². The smallest absolute Gasteiger partial charge is 0.262 e. The summed E-state index contributed by atoms with van der Waals surface area (Å²) in [4.78, 5) is 24.0. The third kappa shape index (κ3) is 5.33. The molecule has 142 valence electrons. The van der Waals surface area contributed by atoms with Crippen LogP contribution < -0.4 is 15.4 Å². The fraction of sp³-hybridized carbons (Fsp3) is 0.364. The summed E-state index contributed by atoms with van der Waals surface area (Å²) in [6.07, 6.45) is 1.91. The average Bonchev–Trinajstić information content (AvgIpc) is 3.45. The number of nitrogens with one attached hydrogen (secondary N) is 2. The van der Waals surface area contributed by atoms with Crippen molar-refractivity contribution in [3.8, 4) is 5.75 Å². The quantitative estimate of drug-likeness (QED) is 0.759. The van der Waals surface area contributed by atoms with Gasteiger partial charge < -0.3 is 15.4 Å². The predicted molar refractivity (Wildman–Crippen MR) is 107 cm³/mol. The summed E-state index contributed by atoms with van der Waals surface area (Å²) in [5.74, 6) is 1.07. The van der Waals surface area contributed by atoms with Crippen LogP contribution in [0.5, 0.6) is 5.75 Å². The van der Waals surface area contributed by atoms with Crippen LogP contribution in [0.2, 0.25) is 0 Å². The maximum absolute atomic E-state index is 12.2. The van der Waals surface area contributed by atoms with Crippen LogP contribution in [0, 0.1) is 12.8 Å². The molecular formula is C22H26N2O3. The van der Waals surface area contributed by atoms with Gasteiger partial charge in [0.15, 0.2) is 6.61 Å². The van der Waals surface area contributed by atoms with E-state index in [2.05, 4.69) is 24.5 Å². The summed E-state index contributed by atoms with van der Waals surface area (Å²) in [5.41, 5.74) is 3.74. The molecule has 3 rings (SSSR count). The van der Waals surface area contributed by atoms with E-state index in [0.29, 0.717) is 23.0 Å². The first-order valence-electron chi connectivity index (χ1n) is 9.36. The second-order valence-electron chi connectivity index (χ2n) is 7.35. The molecule has 2 N–H and O–H groups in total. The Morgan fingerprint density at radius 1 is 1.07 bits per heavy atom. The highest BCUT2D eigenvalue weighted by Crippen LogP contribution is 2.30. The van der Waals surface area contributed by atoms with Crippen molar-refractivity contribution in [1.29, 1.82) is 0 Å². The molecule has 2 aromatic rings. The van der Waals surface area contributed by atoms with E-state index in [9.17, 15) is 9.59 Å². The van der Waals surface area contributed by atoms with Crippen LogP contribution in [-0.2, 0) is 9.59 Å². The van der Waals surface area contributed by atoms with E-state index in [1.165, 1.54) is 5.56 Å². The number of hydrogen-bond donors (Lipinski definition) is 2. The molecule has 1 fully saturated rings. The third-order valence-corrected chi connectivity index (χ3v) is 4.60. The first-order chi connectivity index (χ1) is 12.9. The molecule has 27 heavy (non-hydrogen) atoms. The number of hydrogen-bond acceptors (Lipinski definition) is 3. The highest BCUT2D eigenvalue weighted by atomic mass is 16.5. The Hall–Kier alpha value is -2.82. The van der Waals surface area contributed by atoms with Gasteiger partial charge in [0.2, 0.25) is 5.91 Å². The molecule has 5 heteroatoms. The van der Waals surface area contributed by atoms with Crippen molar-refractivity contribution >= 4 is 23.2 Å². The van der Waals surface area contributed by atoms with Crippen molar-refractivity contribution in [3.05, 3.63) is 53.6 Å². The summed E-state index contributed by atoms with van der Waals surface area (Å²) in [5, 5.41) is 5.67. The van der Waals surface area contributed by atoms with Crippen LogP contribution in [0.25, 0.3) is 0 Å². The number of anilines is 2. The van der Waals surface area contributed by atoms with Gasteiger partial charge in [-0.3, -0.25) is 9.59 Å². The van der Waals surface area contributed by atoms with Crippen LogP contribution >= 0.6 is 0 Å². The van der Waals surface area contributed by atoms with Crippen molar-refractivity contribution in [2.24, 2.45) is 5.92 Å². The highest BCUT2D eigenvalue weighted by molar-refractivity contribution is 5.96. The van der Waals surface area contributed by atoms with Crippen LogP contribution in [-0.4, -0.2) is 18.4 Å². The molecule has 0 unspecified atom stereocenters. The molecule has 1 saturated carbocycles. The Bertz CT molecular complexity index is 841. The highest BCUT2D eigenvalue weighted by Gasteiger charge is 2.29. The van der Waals surface area contributed by atoms with E-state index >= 15 is 0 Å². The topological polar surface area (TPSA) is 67.4 Å². The largest absolute Gasteiger partial charge is 0.484 e. The SMILES string of the molecule is Cc1cc(OCC(=O)Nc2cccc(NC(=O)C3CC3)c2)ccc1C(C)C. The second-order valence-corrected chi connectivity index (χ2v) is 7.35. The van der Waals surface area contributed by atoms with Crippen LogP contribution in [0.3, 0.4) is 0 Å². The van der Waals surface area contributed by atoms with Gasteiger partial charge >= 0.3 is 0 Å². The van der Waals surface area contributed by atoms with Crippen molar-refractivity contribution in [3.63, 3.8) is 0 Å². The monoisotopic (exact) mass is 366 g/mol. The Kier molecular flexibility index (Phi) is 5.79. The molecule has 0 saturated heterocycles. The van der Waals surface area contributed by atoms with Crippen LogP contribution in [0.15, 0.2) is 42.5 Å². The van der Waals surface area contributed by atoms with Crippen molar-refractivity contribution in [2.45, 2.75) is 39.5 Å². The molecule has 0 aliphatic heterocycles. The number of rotatable bonds is 7. The second kappa shape index (κ2) is 8.25. The zero-order valence-corrected chi connectivity index (χ0v) is 16.0. The minimum atomic E-state index is -0.244. The Morgan fingerprint density at radius 3 is 2.41 bits per heavy atom. The van der Waals surface area contributed by atoms with Gasteiger partial charge in [-0.1, -0.05) is 26.0 Å². The van der Waals surface area contributed by atoms with E-state index in [4.69, 9.17) is 4.74 Å². The minimum absolute atomic E-state index is 0.0435. The van der Waals surface area contributed by atoms with E-state index < -0.39 is 0 Å². The Labute approximate surface area is 160 Å².